The van der Waals surface area contributed by atoms with Crippen molar-refractivity contribution in [3.8, 4) is 0 Å². The molecular formula is C37H58O11. The highest BCUT2D eigenvalue weighted by Crippen LogP contribution is 2.10. The van der Waals surface area contributed by atoms with Crippen molar-refractivity contribution >= 4 is 52.4 Å². The maximum absolute atomic E-state index is 12.0. The Labute approximate surface area is 286 Å². The highest BCUT2D eigenvalue weighted by atomic mass is 16.7. The van der Waals surface area contributed by atoms with Gasteiger partial charge in [0.15, 0.2) is 0 Å². The molecule has 0 saturated carbocycles. The van der Waals surface area contributed by atoms with Gasteiger partial charge in [0.1, 0.15) is 59.5 Å². The van der Waals surface area contributed by atoms with Crippen LogP contribution in [0.2, 0.25) is 0 Å². The second kappa shape index (κ2) is 29.7. The van der Waals surface area contributed by atoms with E-state index < -0.39 is 6.16 Å². The monoisotopic (exact) mass is 678 g/mol. The second-order valence-electron chi connectivity index (χ2n) is 12.4. The van der Waals surface area contributed by atoms with E-state index in [1.54, 1.807) is 0 Å². The lowest BCUT2D eigenvalue weighted by Crippen LogP contribution is -2.15. The summed E-state index contributed by atoms with van der Waals surface area (Å²) in [6.07, 6.45) is 8.45. The van der Waals surface area contributed by atoms with E-state index in [-0.39, 0.29) is 149 Å². The lowest BCUT2D eigenvalue weighted by Gasteiger charge is -2.06. The summed E-state index contributed by atoms with van der Waals surface area (Å²) in [5.74, 6) is -1.17. The van der Waals surface area contributed by atoms with E-state index >= 15 is 0 Å². The zero-order chi connectivity index (χ0) is 36.0. The van der Waals surface area contributed by atoms with Crippen LogP contribution in [0.25, 0.3) is 0 Å². The molecule has 0 saturated heterocycles. The summed E-state index contributed by atoms with van der Waals surface area (Å²) in [6.45, 7) is 3.70. The number of ether oxygens (including phenoxy) is 2. The van der Waals surface area contributed by atoms with E-state index in [9.17, 15) is 43.2 Å². The molecule has 0 N–H and O–H groups in total. The number of Topliss-reactive ketones (excluding diaryl/α,β-unsaturated/α-hetero) is 8. The average Bonchev–Trinajstić information content (AvgIpc) is 3.06. The van der Waals surface area contributed by atoms with Crippen LogP contribution in [0.3, 0.4) is 0 Å². The highest BCUT2D eigenvalue weighted by molar-refractivity contribution is 5.91. The highest BCUT2D eigenvalue weighted by Gasteiger charge is 2.15. The van der Waals surface area contributed by atoms with Gasteiger partial charge in [-0.05, 0) is 12.8 Å². The van der Waals surface area contributed by atoms with Gasteiger partial charge < -0.3 is 9.47 Å². The molecule has 0 aliphatic heterocycles. The first-order valence-electron chi connectivity index (χ1n) is 17.9. The van der Waals surface area contributed by atoms with Gasteiger partial charge >= 0.3 is 6.16 Å². The minimum absolute atomic E-state index is 0.0197. The first-order chi connectivity index (χ1) is 23.0. The molecule has 0 aromatic heterocycles. The molecule has 0 heterocycles. The van der Waals surface area contributed by atoms with E-state index in [0.717, 1.165) is 51.4 Å². The van der Waals surface area contributed by atoms with Crippen molar-refractivity contribution < 1.29 is 52.6 Å². The van der Waals surface area contributed by atoms with Gasteiger partial charge in [0.25, 0.3) is 0 Å². The molecule has 0 atom stereocenters. The maximum Gasteiger partial charge on any atom is 0.508 e. The lowest BCUT2D eigenvalue weighted by molar-refractivity contribution is -0.127. The molecule has 0 aliphatic carbocycles. The molecule has 0 radical (unpaired) electrons. The first-order valence-corrected chi connectivity index (χ1v) is 17.9. The van der Waals surface area contributed by atoms with Gasteiger partial charge in [-0.3, -0.25) is 38.4 Å². The van der Waals surface area contributed by atoms with Crippen molar-refractivity contribution in [3.63, 3.8) is 0 Å². The van der Waals surface area contributed by atoms with E-state index in [1.807, 2.05) is 0 Å². The number of hydrogen-bond donors (Lipinski definition) is 0. The molecule has 0 unspecified atom stereocenters. The summed E-state index contributed by atoms with van der Waals surface area (Å²) in [4.78, 5) is 107. The van der Waals surface area contributed by atoms with Gasteiger partial charge in [-0.25, -0.2) is 4.79 Å². The number of carbonyl (C=O) groups excluding carboxylic acids is 9. The van der Waals surface area contributed by atoms with Crippen LogP contribution < -0.4 is 0 Å². The summed E-state index contributed by atoms with van der Waals surface area (Å²) in [6, 6.07) is 0. The molecule has 0 fully saturated rings. The van der Waals surface area contributed by atoms with Crippen LogP contribution in [-0.2, 0) is 47.8 Å². The third kappa shape index (κ3) is 28.8. The SMILES string of the molecule is CCCCCCC(=O)CCC(=O)CCC(=O)CCC(=O)CCOC(=O)OCCC(=O)CCC(=O)CCC(=O)CCC(=O)CCCCCC. The van der Waals surface area contributed by atoms with Gasteiger partial charge in [-0.2, -0.15) is 0 Å². The fraction of sp³-hybridized carbons (Fsp3) is 0.757. The average molecular weight is 679 g/mol. The smallest absolute Gasteiger partial charge is 0.434 e. The number of carbonyl (C=O) groups is 9. The molecule has 48 heavy (non-hydrogen) atoms. The largest absolute Gasteiger partial charge is 0.508 e. The minimum atomic E-state index is -1.04. The third-order valence-electron chi connectivity index (χ3n) is 7.92. The number of rotatable bonds is 34. The van der Waals surface area contributed by atoms with Crippen molar-refractivity contribution in [2.45, 2.75) is 168 Å². The van der Waals surface area contributed by atoms with E-state index in [0.29, 0.717) is 12.8 Å². The van der Waals surface area contributed by atoms with E-state index in [2.05, 4.69) is 13.8 Å². The molecule has 11 heteroatoms. The zero-order valence-electron chi connectivity index (χ0n) is 29.4. The standard InChI is InChI=1S/C37H58O11/c1-3-5-7-9-11-29(38)13-15-31(40)17-19-33(42)21-23-35(44)25-27-47-37(46)48-28-26-36(45)24-22-34(43)20-18-32(41)16-14-30(39)12-10-8-6-4-2/h3-28H2,1-2H3. The number of hydrogen-bond acceptors (Lipinski definition) is 11. The van der Waals surface area contributed by atoms with Crippen molar-refractivity contribution in [2.24, 2.45) is 0 Å². The van der Waals surface area contributed by atoms with Crippen molar-refractivity contribution in [3.05, 3.63) is 0 Å². The molecule has 0 aliphatic rings. The Morgan fingerprint density at radius 1 is 0.292 bits per heavy atom. The summed E-state index contributed by atoms with van der Waals surface area (Å²) >= 11 is 0. The van der Waals surface area contributed by atoms with Gasteiger partial charge in [0.05, 0.1) is 0 Å². The Kier molecular flexibility index (Phi) is 27.7. The quantitative estimate of drug-likeness (QED) is 0.0502. The minimum Gasteiger partial charge on any atom is -0.434 e. The molecule has 11 nitrogen and oxygen atoms in total. The van der Waals surface area contributed by atoms with Gasteiger partial charge in [0.2, 0.25) is 0 Å². The van der Waals surface area contributed by atoms with E-state index in [1.165, 1.54) is 0 Å². The topological polar surface area (TPSA) is 172 Å². The van der Waals surface area contributed by atoms with Crippen molar-refractivity contribution in [1.29, 1.82) is 0 Å². The van der Waals surface area contributed by atoms with Crippen LogP contribution in [0.5, 0.6) is 0 Å². The van der Waals surface area contributed by atoms with Crippen LogP contribution in [0.4, 0.5) is 4.79 Å². The van der Waals surface area contributed by atoms with Crippen LogP contribution in [-0.4, -0.2) is 65.6 Å². The Morgan fingerprint density at radius 2 is 0.521 bits per heavy atom. The van der Waals surface area contributed by atoms with Gasteiger partial charge in [-0.15, -0.1) is 0 Å². The fourth-order valence-electron chi connectivity index (χ4n) is 4.71. The first kappa shape index (κ1) is 44.6. The molecule has 0 spiro atoms. The van der Waals surface area contributed by atoms with Crippen LogP contribution in [0, 0.1) is 0 Å². The molecular weight excluding hydrogens is 620 g/mol. The summed E-state index contributed by atoms with van der Waals surface area (Å²) in [7, 11) is 0. The van der Waals surface area contributed by atoms with Crippen molar-refractivity contribution in [1.82, 2.24) is 0 Å². The number of unbranched alkanes of at least 4 members (excludes halogenated alkanes) is 6. The second-order valence-corrected chi connectivity index (χ2v) is 12.4. The Balaban J connectivity index is 3.85. The lowest BCUT2D eigenvalue weighted by atomic mass is 10.0. The number of ketones is 8. The maximum atomic E-state index is 12.0. The summed E-state index contributed by atoms with van der Waals surface area (Å²) in [5.41, 5.74) is 0. The summed E-state index contributed by atoms with van der Waals surface area (Å²) in [5, 5.41) is 0. The normalized spacial score (nSPS) is 10.7. The fourth-order valence-corrected chi connectivity index (χ4v) is 4.71. The Bertz CT molecular complexity index is 964. The molecule has 272 valence electrons. The van der Waals surface area contributed by atoms with Crippen LogP contribution in [0.1, 0.15) is 168 Å². The predicted molar refractivity (Wildman–Crippen MR) is 180 cm³/mol. The van der Waals surface area contributed by atoms with Gasteiger partial charge in [0, 0.05) is 103 Å². The Hall–Kier alpha value is -3.37. The third-order valence-corrected chi connectivity index (χ3v) is 7.92. The molecule has 0 amide bonds. The van der Waals surface area contributed by atoms with E-state index in [4.69, 9.17) is 9.47 Å². The Morgan fingerprint density at radius 3 is 0.771 bits per heavy atom. The molecule has 0 bridgehead atoms. The molecule has 0 rings (SSSR count). The van der Waals surface area contributed by atoms with Crippen LogP contribution >= 0.6 is 0 Å². The van der Waals surface area contributed by atoms with Crippen LogP contribution in [0.15, 0.2) is 0 Å². The predicted octanol–water partition coefficient (Wildman–Crippen LogP) is 7.09. The molecule has 0 aromatic carbocycles. The zero-order valence-corrected chi connectivity index (χ0v) is 29.4. The van der Waals surface area contributed by atoms with Crippen molar-refractivity contribution in [2.75, 3.05) is 13.2 Å². The molecule has 0 aromatic rings. The summed E-state index contributed by atoms with van der Waals surface area (Å²) < 4.78 is 9.64. The van der Waals surface area contributed by atoms with Gasteiger partial charge in [-0.1, -0.05) is 52.4 Å².